The monoisotopic (exact) mass is 354 g/mol. The van der Waals surface area contributed by atoms with Crippen LogP contribution in [0.1, 0.15) is 50.5 Å². The maximum Gasteiger partial charge on any atom is 0.223 e. The predicted molar refractivity (Wildman–Crippen MR) is 97.0 cm³/mol. The Hall–Kier alpha value is -1.13. The van der Waals surface area contributed by atoms with Gasteiger partial charge in [0.05, 0.1) is 0 Å². The van der Waals surface area contributed by atoms with E-state index < -0.39 is 0 Å². The van der Waals surface area contributed by atoms with E-state index >= 15 is 0 Å². The molecule has 0 unspecified atom stereocenters. The van der Waals surface area contributed by atoms with E-state index in [0.29, 0.717) is 6.54 Å². The number of carbonyl (C=O) groups is 1. The van der Waals surface area contributed by atoms with E-state index in [9.17, 15) is 9.18 Å². The zero-order valence-corrected chi connectivity index (χ0v) is 15.0. The van der Waals surface area contributed by atoms with Crippen LogP contribution < -0.4 is 10.6 Å². The van der Waals surface area contributed by atoms with Crippen LogP contribution in [0.15, 0.2) is 24.3 Å². The summed E-state index contributed by atoms with van der Waals surface area (Å²) in [6.07, 6.45) is 7.43. The molecular formula is C19H28ClFN2O. The van der Waals surface area contributed by atoms with Crippen molar-refractivity contribution in [2.24, 2.45) is 5.92 Å². The van der Waals surface area contributed by atoms with Gasteiger partial charge >= 0.3 is 0 Å². The van der Waals surface area contributed by atoms with Crippen molar-refractivity contribution in [1.29, 1.82) is 0 Å². The van der Waals surface area contributed by atoms with E-state index in [2.05, 4.69) is 10.6 Å². The Bertz CT molecular complexity index is 540. The molecule has 0 bridgehead atoms. The summed E-state index contributed by atoms with van der Waals surface area (Å²) < 4.78 is 13.7. The van der Waals surface area contributed by atoms with Gasteiger partial charge in [0.25, 0.3) is 0 Å². The van der Waals surface area contributed by atoms with Gasteiger partial charge in [-0.05, 0) is 56.5 Å². The van der Waals surface area contributed by atoms with Crippen LogP contribution in [0.4, 0.5) is 4.39 Å². The standard InChI is InChI=1S/C19H27FN2O.ClH/c20-17-6-4-5-16(13-17)19(9-2-1-3-10-19)14-22-18(23)15-7-11-21-12-8-15;/h4-6,13,15,21H,1-3,7-12,14H2,(H,22,23);1H. The highest BCUT2D eigenvalue weighted by Crippen LogP contribution is 2.39. The molecule has 0 aromatic heterocycles. The molecule has 1 aliphatic heterocycles. The van der Waals surface area contributed by atoms with Crippen molar-refractivity contribution in [1.82, 2.24) is 10.6 Å². The Morgan fingerprint density at radius 1 is 1.21 bits per heavy atom. The van der Waals surface area contributed by atoms with E-state index in [1.807, 2.05) is 6.07 Å². The largest absolute Gasteiger partial charge is 0.355 e. The van der Waals surface area contributed by atoms with Gasteiger partial charge in [-0.3, -0.25) is 4.79 Å². The highest BCUT2D eigenvalue weighted by Gasteiger charge is 2.35. The number of halogens is 2. The number of amides is 1. The molecule has 5 heteroatoms. The number of nitrogens with one attached hydrogen (secondary N) is 2. The lowest BCUT2D eigenvalue weighted by Gasteiger charge is -2.38. The van der Waals surface area contributed by atoms with Gasteiger partial charge in [-0.25, -0.2) is 4.39 Å². The summed E-state index contributed by atoms with van der Waals surface area (Å²) in [7, 11) is 0. The van der Waals surface area contributed by atoms with Gasteiger partial charge in [-0.15, -0.1) is 12.4 Å². The second kappa shape index (κ2) is 8.82. The van der Waals surface area contributed by atoms with Crippen LogP contribution in [0.5, 0.6) is 0 Å². The lowest BCUT2D eigenvalue weighted by molar-refractivity contribution is -0.126. The average Bonchev–Trinajstić information content (AvgIpc) is 2.61. The van der Waals surface area contributed by atoms with Crippen LogP contribution in [0.2, 0.25) is 0 Å². The first-order chi connectivity index (χ1) is 11.2. The Kier molecular flexibility index (Phi) is 7.05. The highest BCUT2D eigenvalue weighted by atomic mass is 35.5. The molecule has 1 heterocycles. The normalized spacial score (nSPS) is 20.9. The molecule has 3 rings (SSSR count). The summed E-state index contributed by atoms with van der Waals surface area (Å²) in [5.41, 5.74) is 0.950. The summed E-state index contributed by atoms with van der Waals surface area (Å²) in [5.74, 6) is 0.120. The van der Waals surface area contributed by atoms with Gasteiger partial charge in [0, 0.05) is 17.9 Å². The van der Waals surface area contributed by atoms with E-state index in [1.54, 1.807) is 12.1 Å². The van der Waals surface area contributed by atoms with Crippen LogP contribution in [0, 0.1) is 11.7 Å². The summed E-state index contributed by atoms with van der Waals surface area (Å²) in [5, 5.41) is 6.48. The van der Waals surface area contributed by atoms with Crippen LogP contribution in [0.3, 0.4) is 0 Å². The summed E-state index contributed by atoms with van der Waals surface area (Å²) in [6, 6.07) is 6.95. The van der Waals surface area contributed by atoms with E-state index in [1.165, 1.54) is 12.5 Å². The third-order valence-electron chi connectivity index (χ3n) is 5.56. The van der Waals surface area contributed by atoms with Gasteiger partial charge in [-0.1, -0.05) is 31.4 Å². The van der Waals surface area contributed by atoms with Crippen molar-refractivity contribution in [3.05, 3.63) is 35.6 Å². The van der Waals surface area contributed by atoms with Gasteiger partial charge in [0.1, 0.15) is 5.82 Å². The minimum Gasteiger partial charge on any atom is -0.355 e. The Balaban J connectivity index is 0.00000208. The number of piperidine rings is 1. The van der Waals surface area contributed by atoms with Crippen molar-refractivity contribution in [3.8, 4) is 0 Å². The Morgan fingerprint density at radius 3 is 2.58 bits per heavy atom. The Labute approximate surface area is 150 Å². The topological polar surface area (TPSA) is 41.1 Å². The van der Waals surface area contributed by atoms with Crippen LogP contribution in [-0.2, 0) is 10.2 Å². The first kappa shape index (κ1) is 19.2. The van der Waals surface area contributed by atoms with Crippen molar-refractivity contribution in [3.63, 3.8) is 0 Å². The molecule has 0 atom stereocenters. The molecule has 1 aliphatic carbocycles. The fourth-order valence-electron chi connectivity index (χ4n) is 4.10. The first-order valence-corrected chi connectivity index (χ1v) is 8.94. The lowest BCUT2D eigenvalue weighted by atomic mass is 9.69. The highest BCUT2D eigenvalue weighted by molar-refractivity contribution is 5.85. The lowest BCUT2D eigenvalue weighted by Crippen LogP contribution is -2.45. The quantitative estimate of drug-likeness (QED) is 0.868. The van der Waals surface area contributed by atoms with E-state index in [-0.39, 0.29) is 35.5 Å². The van der Waals surface area contributed by atoms with E-state index in [0.717, 1.165) is 57.2 Å². The van der Waals surface area contributed by atoms with Gasteiger partial charge < -0.3 is 10.6 Å². The van der Waals surface area contributed by atoms with E-state index in [4.69, 9.17) is 0 Å². The second-order valence-corrected chi connectivity index (χ2v) is 7.09. The molecule has 1 amide bonds. The molecular weight excluding hydrogens is 327 g/mol. The first-order valence-electron chi connectivity index (χ1n) is 8.94. The maximum atomic E-state index is 13.7. The molecule has 1 saturated carbocycles. The fourth-order valence-corrected chi connectivity index (χ4v) is 4.10. The molecule has 134 valence electrons. The Morgan fingerprint density at radius 2 is 1.92 bits per heavy atom. The van der Waals surface area contributed by atoms with Crippen molar-refractivity contribution >= 4 is 18.3 Å². The fraction of sp³-hybridized carbons (Fsp3) is 0.632. The minimum absolute atomic E-state index is 0. The molecule has 2 fully saturated rings. The van der Waals surface area contributed by atoms with Crippen LogP contribution >= 0.6 is 12.4 Å². The molecule has 1 saturated heterocycles. The summed E-state index contributed by atoms with van der Waals surface area (Å²) >= 11 is 0. The van der Waals surface area contributed by atoms with Crippen molar-refractivity contribution < 1.29 is 9.18 Å². The minimum atomic E-state index is -0.183. The third kappa shape index (κ3) is 4.48. The third-order valence-corrected chi connectivity index (χ3v) is 5.56. The number of benzene rings is 1. The SMILES string of the molecule is Cl.O=C(NCC1(c2cccc(F)c2)CCCCC1)C1CCNCC1. The number of hydrogen-bond acceptors (Lipinski definition) is 2. The average molecular weight is 355 g/mol. The molecule has 24 heavy (non-hydrogen) atoms. The number of hydrogen-bond donors (Lipinski definition) is 2. The summed E-state index contributed by atoms with van der Waals surface area (Å²) in [4.78, 5) is 12.5. The predicted octanol–water partition coefficient (Wildman–Crippen LogP) is 3.57. The van der Waals surface area contributed by atoms with Crippen LogP contribution in [0.25, 0.3) is 0 Å². The zero-order chi connectivity index (χ0) is 16.1. The molecule has 0 spiro atoms. The molecule has 0 radical (unpaired) electrons. The second-order valence-electron chi connectivity index (χ2n) is 7.09. The van der Waals surface area contributed by atoms with Crippen molar-refractivity contribution in [2.45, 2.75) is 50.4 Å². The maximum absolute atomic E-state index is 13.7. The molecule has 2 N–H and O–H groups in total. The number of rotatable bonds is 4. The van der Waals surface area contributed by atoms with Gasteiger partial charge in [0.2, 0.25) is 5.91 Å². The van der Waals surface area contributed by atoms with Crippen molar-refractivity contribution in [2.75, 3.05) is 19.6 Å². The summed E-state index contributed by atoms with van der Waals surface area (Å²) in [6.45, 7) is 2.49. The van der Waals surface area contributed by atoms with Gasteiger partial charge in [0.15, 0.2) is 0 Å². The van der Waals surface area contributed by atoms with Crippen LogP contribution in [-0.4, -0.2) is 25.5 Å². The van der Waals surface area contributed by atoms with Gasteiger partial charge in [-0.2, -0.15) is 0 Å². The number of carbonyl (C=O) groups excluding carboxylic acids is 1. The molecule has 3 nitrogen and oxygen atoms in total. The molecule has 2 aliphatic rings. The molecule has 1 aromatic carbocycles. The zero-order valence-electron chi connectivity index (χ0n) is 14.2. The smallest absolute Gasteiger partial charge is 0.223 e. The molecule has 1 aromatic rings.